The van der Waals surface area contributed by atoms with Crippen LogP contribution in [-0.2, 0) is 6.67 Å². The fourth-order valence-corrected chi connectivity index (χ4v) is 3.36. The predicted molar refractivity (Wildman–Crippen MR) is 95.4 cm³/mol. The van der Waals surface area contributed by atoms with Crippen LogP contribution in [0.2, 0.25) is 0 Å². The summed E-state index contributed by atoms with van der Waals surface area (Å²) in [6, 6.07) is 1.84. The van der Waals surface area contributed by atoms with E-state index in [0.29, 0.717) is 13.2 Å². The number of rotatable bonds is 6. The van der Waals surface area contributed by atoms with Gasteiger partial charge in [0.15, 0.2) is 3.95 Å². The quantitative estimate of drug-likeness (QED) is 0.631. The van der Waals surface area contributed by atoms with Crippen molar-refractivity contribution < 1.29 is 0 Å². The summed E-state index contributed by atoms with van der Waals surface area (Å²) in [5.41, 5.74) is 0. The molecule has 0 saturated carbocycles. The summed E-state index contributed by atoms with van der Waals surface area (Å²) in [5, 5.41) is 8.53. The van der Waals surface area contributed by atoms with Gasteiger partial charge in [0.1, 0.15) is 0 Å². The van der Waals surface area contributed by atoms with Gasteiger partial charge in [-0.25, -0.2) is 14.6 Å². The van der Waals surface area contributed by atoms with E-state index in [4.69, 9.17) is 12.2 Å². The topological polar surface area (TPSA) is 62.1 Å². The zero-order valence-electron chi connectivity index (χ0n) is 12.8. The van der Waals surface area contributed by atoms with Gasteiger partial charge in [0, 0.05) is 45.1 Å². The van der Waals surface area contributed by atoms with Gasteiger partial charge in [-0.1, -0.05) is 17.4 Å². The van der Waals surface area contributed by atoms with E-state index in [2.05, 4.69) is 36.8 Å². The Morgan fingerprint density at radius 3 is 2.70 bits per heavy atom. The summed E-state index contributed by atoms with van der Waals surface area (Å²) in [6.07, 6.45) is 5.36. The second-order valence-corrected chi connectivity index (χ2v) is 6.76. The molecular formula is C14H19N7S2. The molecule has 3 heterocycles. The first-order chi connectivity index (χ1) is 11.3. The molecule has 0 atom stereocenters. The molecule has 0 aliphatic carbocycles. The van der Waals surface area contributed by atoms with Crippen molar-refractivity contribution in [3.8, 4) is 0 Å². The molecule has 0 radical (unpaired) electrons. The molecule has 0 bridgehead atoms. The Morgan fingerprint density at radius 2 is 2.00 bits per heavy atom. The van der Waals surface area contributed by atoms with Crippen LogP contribution >= 0.6 is 23.6 Å². The lowest BCUT2D eigenvalue weighted by Gasteiger charge is -2.34. The molecule has 1 fully saturated rings. The lowest BCUT2D eigenvalue weighted by atomic mass is 10.3. The Morgan fingerprint density at radius 1 is 1.26 bits per heavy atom. The predicted octanol–water partition coefficient (Wildman–Crippen LogP) is 1.84. The summed E-state index contributed by atoms with van der Waals surface area (Å²) < 4.78 is 2.66. The van der Waals surface area contributed by atoms with Gasteiger partial charge in [-0.2, -0.15) is 0 Å². The minimum Gasteiger partial charge on any atom is -0.357 e. The number of nitrogens with zero attached hydrogens (tertiary/aromatic N) is 6. The molecule has 0 aromatic carbocycles. The summed E-state index contributed by atoms with van der Waals surface area (Å²) in [6.45, 7) is 8.78. The largest absolute Gasteiger partial charge is 0.357 e. The third-order valence-electron chi connectivity index (χ3n) is 3.55. The number of hydrogen-bond donors (Lipinski definition) is 1. The van der Waals surface area contributed by atoms with Crippen molar-refractivity contribution in [3.05, 3.63) is 35.1 Å². The minimum absolute atomic E-state index is 0.692. The third kappa shape index (κ3) is 4.12. The Labute approximate surface area is 144 Å². The van der Waals surface area contributed by atoms with Crippen molar-refractivity contribution in [3.63, 3.8) is 0 Å². The van der Waals surface area contributed by atoms with E-state index in [1.54, 1.807) is 18.5 Å². The molecule has 1 aliphatic heterocycles. The lowest BCUT2D eigenvalue weighted by Crippen LogP contribution is -2.47. The van der Waals surface area contributed by atoms with Gasteiger partial charge in [0.05, 0.1) is 6.67 Å². The van der Waals surface area contributed by atoms with Gasteiger partial charge in [0.25, 0.3) is 0 Å². The first-order valence-corrected chi connectivity index (χ1v) is 8.66. The van der Waals surface area contributed by atoms with Crippen molar-refractivity contribution in [1.82, 2.24) is 24.6 Å². The van der Waals surface area contributed by atoms with Gasteiger partial charge < -0.3 is 10.2 Å². The molecule has 9 heteroatoms. The molecule has 2 aromatic heterocycles. The smallest absolute Gasteiger partial charge is 0.225 e. The van der Waals surface area contributed by atoms with E-state index < -0.39 is 0 Å². The summed E-state index contributed by atoms with van der Waals surface area (Å²) in [4.78, 5) is 13.2. The fraction of sp³-hybridized carbons (Fsp3) is 0.429. The van der Waals surface area contributed by atoms with Crippen molar-refractivity contribution in [2.45, 2.75) is 6.67 Å². The third-order valence-corrected chi connectivity index (χ3v) is 4.81. The molecule has 122 valence electrons. The van der Waals surface area contributed by atoms with Crippen LogP contribution in [0, 0.1) is 3.95 Å². The average Bonchev–Trinajstić information content (AvgIpc) is 2.94. The van der Waals surface area contributed by atoms with Crippen molar-refractivity contribution >= 4 is 34.6 Å². The van der Waals surface area contributed by atoms with Crippen LogP contribution in [0.1, 0.15) is 0 Å². The molecule has 2 aromatic rings. The van der Waals surface area contributed by atoms with Gasteiger partial charge >= 0.3 is 0 Å². The monoisotopic (exact) mass is 349 g/mol. The van der Waals surface area contributed by atoms with Crippen LogP contribution in [-0.4, -0.2) is 57.4 Å². The Hall–Kier alpha value is -1.84. The van der Waals surface area contributed by atoms with E-state index in [9.17, 15) is 0 Å². The maximum absolute atomic E-state index is 5.39. The molecule has 1 aliphatic rings. The Balaban J connectivity index is 1.55. The van der Waals surface area contributed by atoms with E-state index in [-0.39, 0.29) is 0 Å². The van der Waals surface area contributed by atoms with Crippen molar-refractivity contribution in [2.75, 3.05) is 42.9 Å². The van der Waals surface area contributed by atoms with Crippen LogP contribution in [0.5, 0.6) is 0 Å². The molecule has 0 unspecified atom stereocenters. The molecule has 3 rings (SSSR count). The SMILES string of the molecule is C=CCNc1nn(CN2CCN(c3ncccn3)CC2)c(=S)s1. The second-order valence-electron chi connectivity index (χ2n) is 5.14. The number of anilines is 2. The van der Waals surface area contributed by atoms with E-state index in [1.165, 1.54) is 11.3 Å². The zero-order valence-corrected chi connectivity index (χ0v) is 14.4. The maximum atomic E-state index is 5.39. The highest BCUT2D eigenvalue weighted by molar-refractivity contribution is 7.73. The van der Waals surface area contributed by atoms with E-state index >= 15 is 0 Å². The summed E-state index contributed by atoms with van der Waals surface area (Å²) >= 11 is 6.88. The average molecular weight is 349 g/mol. The van der Waals surface area contributed by atoms with Gasteiger partial charge in [-0.3, -0.25) is 4.90 Å². The second kappa shape index (κ2) is 7.62. The summed E-state index contributed by atoms with van der Waals surface area (Å²) in [7, 11) is 0. The van der Waals surface area contributed by atoms with Crippen LogP contribution in [0.25, 0.3) is 0 Å². The fourth-order valence-electron chi connectivity index (χ4n) is 2.36. The van der Waals surface area contributed by atoms with Gasteiger partial charge in [-0.05, 0) is 18.3 Å². The standard InChI is InChI=1S/C14H19N7S2/c1-2-4-17-13-18-21(14(22)23-13)11-19-7-9-20(10-8-19)12-15-5-3-6-16-12/h2-3,5-6H,1,4,7-11H2,(H,17,18). The number of aromatic nitrogens is 4. The maximum Gasteiger partial charge on any atom is 0.225 e. The van der Waals surface area contributed by atoms with Crippen LogP contribution in [0.4, 0.5) is 11.1 Å². The minimum atomic E-state index is 0.692. The van der Waals surface area contributed by atoms with E-state index in [1.807, 2.05) is 10.7 Å². The van der Waals surface area contributed by atoms with Crippen molar-refractivity contribution in [1.29, 1.82) is 0 Å². The molecule has 1 saturated heterocycles. The Bertz CT molecular complexity index is 689. The molecule has 0 amide bonds. The van der Waals surface area contributed by atoms with E-state index in [0.717, 1.165) is 41.2 Å². The molecule has 7 nitrogen and oxygen atoms in total. The van der Waals surface area contributed by atoms with Gasteiger partial charge in [-0.15, -0.1) is 11.7 Å². The normalized spacial score (nSPS) is 15.6. The zero-order chi connectivity index (χ0) is 16.1. The lowest BCUT2D eigenvalue weighted by molar-refractivity contribution is 0.194. The highest BCUT2D eigenvalue weighted by atomic mass is 32.1. The van der Waals surface area contributed by atoms with Gasteiger partial charge in [0.2, 0.25) is 11.1 Å². The van der Waals surface area contributed by atoms with Crippen molar-refractivity contribution in [2.24, 2.45) is 0 Å². The molecule has 0 spiro atoms. The highest BCUT2D eigenvalue weighted by Gasteiger charge is 2.19. The number of hydrogen-bond acceptors (Lipinski definition) is 8. The number of piperazine rings is 1. The summed E-state index contributed by atoms with van der Waals surface area (Å²) in [5.74, 6) is 0.799. The Kier molecular flexibility index (Phi) is 5.31. The first-order valence-electron chi connectivity index (χ1n) is 7.43. The highest BCUT2D eigenvalue weighted by Crippen LogP contribution is 2.16. The van der Waals surface area contributed by atoms with Crippen LogP contribution in [0.3, 0.4) is 0 Å². The number of nitrogens with one attached hydrogen (secondary N) is 1. The molecule has 1 N–H and O–H groups in total. The molecular weight excluding hydrogens is 330 g/mol. The van der Waals surface area contributed by atoms with Crippen LogP contribution in [0.15, 0.2) is 31.1 Å². The molecule has 23 heavy (non-hydrogen) atoms. The van der Waals surface area contributed by atoms with Crippen LogP contribution < -0.4 is 10.2 Å². The first kappa shape index (κ1) is 16.0.